The first-order chi connectivity index (χ1) is 12.4. The summed E-state index contributed by atoms with van der Waals surface area (Å²) in [4.78, 5) is 16.8. The lowest BCUT2D eigenvalue weighted by molar-refractivity contribution is 0.921. The summed E-state index contributed by atoms with van der Waals surface area (Å²) in [6, 6.07) is 20.8. The Morgan fingerprint density at radius 1 is 0.760 bits per heavy atom. The van der Waals surface area contributed by atoms with Crippen molar-refractivity contribution in [1.29, 1.82) is 0 Å². The van der Waals surface area contributed by atoms with E-state index in [1.165, 1.54) is 11.1 Å². The van der Waals surface area contributed by atoms with Crippen LogP contribution in [0.5, 0.6) is 0 Å². The fourth-order valence-corrected chi connectivity index (χ4v) is 4.20. The average molecular weight is 364 g/mol. The van der Waals surface area contributed by atoms with Gasteiger partial charge in [0.1, 0.15) is 10.5 Å². The van der Waals surface area contributed by atoms with E-state index in [2.05, 4.69) is 63.5 Å². The fraction of sp³-hybridized carbons (Fsp3) is 0.105. The van der Waals surface area contributed by atoms with Crippen LogP contribution < -0.4 is 0 Å². The normalized spacial score (nSPS) is 11.0. The number of nitrogens with zero attached hydrogens (tertiary/aromatic N) is 3. The molecule has 0 aliphatic heterocycles. The molecule has 0 aliphatic rings. The molecule has 124 valence electrons. The summed E-state index contributed by atoms with van der Waals surface area (Å²) in [7, 11) is 0. The van der Waals surface area contributed by atoms with Gasteiger partial charge in [-0.2, -0.15) is 0 Å². The number of aromatic amines is 1. The van der Waals surface area contributed by atoms with E-state index >= 15 is 0 Å². The van der Waals surface area contributed by atoms with E-state index in [-0.39, 0.29) is 0 Å². The van der Waals surface area contributed by atoms with Gasteiger partial charge in [0.15, 0.2) is 10.8 Å². The van der Waals surface area contributed by atoms with Crippen molar-refractivity contribution in [3.8, 4) is 0 Å². The molecule has 4 nitrogen and oxygen atoms in total. The number of thioether (sulfide) groups is 2. The van der Waals surface area contributed by atoms with Gasteiger partial charge in [0, 0.05) is 11.5 Å². The van der Waals surface area contributed by atoms with Crippen molar-refractivity contribution in [3.63, 3.8) is 0 Å². The maximum atomic E-state index is 4.75. The van der Waals surface area contributed by atoms with Crippen LogP contribution in [-0.2, 0) is 11.5 Å². The molecule has 0 atom stereocenters. The van der Waals surface area contributed by atoms with Crippen LogP contribution in [0.15, 0.2) is 77.2 Å². The number of benzene rings is 2. The molecule has 0 saturated carbocycles. The Hall–Kier alpha value is -2.31. The highest BCUT2D eigenvalue weighted by molar-refractivity contribution is 7.99. The number of hydrogen-bond acceptors (Lipinski definition) is 5. The average Bonchev–Trinajstić information content (AvgIpc) is 3.15. The summed E-state index contributed by atoms with van der Waals surface area (Å²) in [5, 5.41) is 1.71. The molecular formula is C19H16N4S2. The van der Waals surface area contributed by atoms with Crippen LogP contribution in [0.2, 0.25) is 0 Å². The summed E-state index contributed by atoms with van der Waals surface area (Å²) >= 11 is 3.35. The summed E-state index contributed by atoms with van der Waals surface area (Å²) in [6.07, 6.45) is 1.68. The molecule has 4 rings (SSSR count). The second kappa shape index (κ2) is 7.72. The van der Waals surface area contributed by atoms with Gasteiger partial charge in [0.2, 0.25) is 0 Å². The van der Waals surface area contributed by atoms with Gasteiger partial charge in [-0.25, -0.2) is 15.0 Å². The summed E-state index contributed by atoms with van der Waals surface area (Å²) in [5.74, 6) is 1.72. The van der Waals surface area contributed by atoms with Crippen molar-refractivity contribution in [1.82, 2.24) is 19.9 Å². The van der Waals surface area contributed by atoms with Gasteiger partial charge >= 0.3 is 0 Å². The topological polar surface area (TPSA) is 54.5 Å². The van der Waals surface area contributed by atoms with Gasteiger partial charge in [-0.15, -0.1) is 0 Å². The van der Waals surface area contributed by atoms with E-state index < -0.39 is 0 Å². The van der Waals surface area contributed by atoms with Crippen LogP contribution in [0, 0.1) is 0 Å². The Kier molecular flexibility index (Phi) is 4.99. The Morgan fingerprint density at radius 2 is 1.40 bits per heavy atom. The van der Waals surface area contributed by atoms with E-state index in [4.69, 9.17) is 4.98 Å². The number of nitrogens with one attached hydrogen (secondary N) is 1. The molecule has 2 heterocycles. The van der Waals surface area contributed by atoms with Gasteiger partial charge in [0.25, 0.3) is 0 Å². The van der Waals surface area contributed by atoms with Crippen molar-refractivity contribution in [2.45, 2.75) is 21.7 Å². The first-order valence-corrected chi connectivity index (χ1v) is 9.90. The van der Waals surface area contributed by atoms with Crippen molar-refractivity contribution in [3.05, 3.63) is 78.1 Å². The van der Waals surface area contributed by atoms with Gasteiger partial charge < -0.3 is 4.98 Å². The number of H-pyrrole nitrogens is 1. The molecule has 25 heavy (non-hydrogen) atoms. The summed E-state index contributed by atoms with van der Waals surface area (Å²) in [5.41, 5.74) is 4.17. The Bertz CT molecular complexity index is 955. The predicted octanol–water partition coefficient (Wildman–Crippen LogP) is 4.94. The van der Waals surface area contributed by atoms with Gasteiger partial charge in [-0.3, -0.25) is 0 Å². The van der Waals surface area contributed by atoms with E-state index in [1.54, 1.807) is 29.9 Å². The number of imidazole rings is 1. The highest BCUT2D eigenvalue weighted by atomic mass is 32.2. The Labute approximate surface area is 154 Å². The van der Waals surface area contributed by atoms with Crippen LogP contribution in [-0.4, -0.2) is 19.9 Å². The molecule has 0 bridgehead atoms. The van der Waals surface area contributed by atoms with Crippen LogP contribution >= 0.6 is 23.5 Å². The number of aromatic nitrogens is 4. The number of fused-ring (bicyclic) bond motifs is 1. The minimum absolute atomic E-state index is 0.723. The first-order valence-electron chi connectivity index (χ1n) is 7.93. The molecule has 2 aromatic heterocycles. The lowest BCUT2D eigenvalue weighted by Gasteiger charge is -2.06. The Morgan fingerprint density at radius 3 is 2.08 bits per heavy atom. The zero-order valence-corrected chi connectivity index (χ0v) is 15.1. The predicted molar refractivity (Wildman–Crippen MR) is 104 cm³/mol. The van der Waals surface area contributed by atoms with Gasteiger partial charge in [0.05, 0.1) is 6.33 Å². The zero-order chi connectivity index (χ0) is 16.9. The zero-order valence-electron chi connectivity index (χ0n) is 13.4. The summed E-state index contributed by atoms with van der Waals surface area (Å²) < 4.78 is 0. The maximum Gasteiger partial charge on any atom is 0.191 e. The maximum absolute atomic E-state index is 4.75. The third-order valence-electron chi connectivity index (χ3n) is 3.66. The van der Waals surface area contributed by atoms with Crippen LogP contribution in [0.3, 0.4) is 0 Å². The second-order valence-electron chi connectivity index (χ2n) is 5.46. The van der Waals surface area contributed by atoms with E-state index in [9.17, 15) is 0 Å². The van der Waals surface area contributed by atoms with Crippen molar-refractivity contribution < 1.29 is 0 Å². The monoisotopic (exact) mass is 364 g/mol. The molecular weight excluding hydrogens is 348 g/mol. The SMILES string of the molecule is c1ccc(CSc2nc(SCc3ccccc3)c3[nH]cnc3n2)cc1. The van der Waals surface area contributed by atoms with Crippen molar-refractivity contribution >= 4 is 34.7 Å². The highest BCUT2D eigenvalue weighted by Crippen LogP contribution is 2.29. The smallest absolute Gasteiger partial charge is 0.191 e. The van der Waals surface area contributed by atoms with E-state index in [1.807, 2.05) is 12.1 Å². The fourth-order valence-electron chi connectivity index (χ4n) is 2.40. The summed E-state index contributed by atoms with van der Waals surface area (Å²) in [6.45, 7) is 0. The molecule has 0 amide bonds. The molecule has 4 aromatic rings. The third kappa shape index (κ3) is 4.03. The minimum atomic E-state index is 0.723. The lowest BCUT2D eigenvalue weighted by atomic mass is 10.2. The largest absolute Gasteiger partial charge is 0.341 e. The quantitative estimate of drug-likeness (QED) is 0.298. The molecule has 0 radical (unpaired) electrons. The lowest BCUT2D eigenvalue weighted by Crippen LogP contribution is -1.93. The van der Waals surface area contributed by atoms with Crippen molar-refractivity contribution in [2.75, 3.05) is 0 Å². The Balaban J connectivity index is 1.54. The molecule has 2 aromatic carbocycles. The van der Waals surface area contributed by atoms with Gasteiger partial charge in [-0.05, 0) is 11.1 Å². The van der Waals surface area contributed by atoms with Crippen LogP contribution in [0.25, 0.3) is 11.2 Å². The van der Waals surface area contributed by atoms with E-state index in [0.29, 0.717) is 0 Å². The molecule has 0 aliphatic carbocycles. The second-order valence-corrected chi connectivity index (χ2v) is 7.37. The molecule has 6 heteroatoms. The molecule has 0 fully saturated rings. The van der Waals surface area contributed by atoms with Crippen LogP contribution in [0.1, 0.15) is 11.1 Å². The van der Waals surface area contributed by atoms with Crippen molar-refractivity contribution in [2.24, 2.45) is 0 Å². The number of hydrogen-bond donors (Lipinski definition) is 1. The minimum Gasteiger partial charge on any atom is -0.341 e. The first kappa shape index (κ1) is 16.2. The molecule has 0 unspecified atom stereocenters. The molecule has 1 N–H and O–H groups in total. The highest BCUT2D eigenvalue weighted by Gasteiger charge is 2.11. The third-order valence-corrected chi connectivity index (χ3v) is 5.63. The standard InChI is InChI=1S/C19H16N4S2/c1-3-7-14(8-4-1)11-24-18-16-17(21-13-20-16)22-19(23-18)25-12-15-9-5-2-6-10-15/h1-10,13H,11-12H2,(H,20,21,22,23). The van der Waals surface area contributed by atoms with E-state index in [0.717, 1.165) is 32.9 Å². The van der Waals surface area contributed by atoms with Crippen LogP contribution in [0.4, 0.5) is 0 Å². The van der Waals surface area contributed by atoms with Gasteiger partial charge in [-0.1, -0.05) is 84.2 Å². The molecule has 0 saturated heterocycles. The number of rotatable bonds is 6. The molecule has 0 spiro atoms.